The predicted octanol–water partition coefficient (Wildman–Crippen LogP) is 2.03. The molecule has 3 nitrogen and oxygen atoms in total. The zero-order valence-corrected chi connectivity index (χ0v) is 10.7. The smallest absolute Gasteiger partial charge is 0.0360 e. The van der Waals surface area contributed by atoms with Crippen molar-refractivity contribution in [2.75, 3.05) is 19.6 Å². The Bertz CT molecular complexity index is 320. The first-order valence-electron chi connectivity index (χ1n) is 6.27. The topological polar surface area (TPSA) is 50.4 Å². The minimum absolute atomic E-state index is 0.543. The van der Waals surface area contributed by atoms with Gasteiger partial charge in [-0.3, -0.25) is 4.99 Å². The van der Waals surface area contributed by atoms with E-state index in [0.717, 1.165) is 38.0 Å². The number of nitrogens with zero attached hydrogens (tertiary/aromatic N) is 1. The van der Waals surface area contributed by atoms with Gasteiger partial charge in [0.1, 0.15) is 0 Å². The molecule has 1 heterocycles. The van der Waals surface area contributed by atoms with Crippen molar-refractivity contribution in [3.63, 3.8) is 0 Å². The highest BCUT2D eigenvalue weighted by Crippen LogP contribution is 2.26. The molecule has 0 spiro atoms. The van der Waals surface area contributed by atoms with Gasteiger partial charge in [0.2, 0.25) is 0 Å². The van der Waals surface area contributed by atoms with E-state index >= 15 is 0 Å². The van der Waals surface area contributed by atoms with Crippen LogP contribution in [0.3, 0.4) is 0 Å². The molecule has 0 radical (unpaired) electrons. The van der Waals surface area contributed by atoms with Gasteiger partial charge in [0.15, 0.2) is 0 Å². The van der Waals surface area contributed by atoms with Crippen LogP contribution in [0.1, 0.15) is 19.8 Å². The SMILES string of the molecule is C=C(/C=C\C=NCC)/C(=C\N)C1CCNCC1. The number of nitrogens with one attached hydrogen (secondary N) is 1. The summed E-state index contributed by atoms with van der Waals surface area (Å²) in [5, 5.41) is 3.36. The van der Waals surface area contributed by atoms with Crippen molar-refractivity contribution in [2.45, 2.75) is 19.8 Å². The Morgan fingerprint density at radius 1 is 1.47 bits per heavy atom. The molecule has 1 aliphatic heterocycles. The zero-order chi connectivity index (χ0) is 12.5. The second-order valence-electron chi connectivity index (χ2n) is 4.18. The van der Waals surface area contributed by atoms with Crippen LogP contribution in [0.25, 0.3) is 0 Å². The van der Waals surface area contributed by atoms with Gasteiger partial charge in [-0.05, 0) is 62.2 Å². The third kappa shape index (κ3) is 4.57. The first-order chi connectivity index (χ1) is 8.29. The molecule has 0 atom stereocenters. The molecule has 0 amide bonds. The fourth-order valence-electron chi connectivity index (χ4n) is 2.06. The molecule has 0 unspecified atom stereocenters. The van der Waals surface area contributed by atoms with Gasteiger partial charge in [0.05, 0.1) is 0 Å². The standard InChI is InChI=1S/C14H23N3/c1-3-16-8-4-5-12(2)14(11-15)13-6-9-17-10-7-13/h4-5,8,11,13,17H,2-3,6-7,9-10,15H2,1H3/b5-4-,14-11+,16-8?. The highest BCUT2D eigenvalue weighted by molar-refractivity contribution is 5.72. The van der Waals surface area contributed by atoms with Gasteiger partial charge in [-0.2, -0.15) is 0 Å². The van der Waals surface area contributed by atoms with E-state index in [0.29, 0.717) is 5.92 Å². The fraction of sp³-hybridized carbons (Fsp3) is 0.500. The molecular weight excluding hydrogens is 210 g/mol. The Hall–Kier alpha value is -1.35. The molecule has 17 heavy (non-hydrogen) atoms. The lowest BCUT2D eigenvalue weighted by Gasteiger charge is -2.25. The van der Waals surface area contributed by atoms with Gasteiger partial charge in [-0.25, -0.2) is 0 Å². The lowest BCUT2D eigenvalue weighted by Crippen LogP contribution is -2.29. The van der Waals surface area contributed by atoms with Crippen LogP contribution in [0.15, 0.2) is 41.1 Å². The molecule has 0 aromatic rings. The van der Waals surface area contributed by atoms with Gasteiger partial charge >= 0.3 is 0 Å². The van der Waals surface area contributed by atoms with Crippen molar-refractivity contribution in [3.05, 3.63) is 36.1 Å². The van der Waals surface area contributed by atoms with E-state index in [2.05, 4.69) is 16.9 Å². The van der Waals surface area contributed by atoms with Gasteiger partial charge in [0, 0.05) is 12.8 Å². The molecule has 0 aliphatic carbocycles. The summed E-state index contributed by atoms with van der Waals surface area (Å²) in [4.78, 5) is 4.13. The van der Waals surface area contributed by atoms with Crippen molar-refractivity contribution in [3.8, 4) is 0 Å². The molecule has 0 saturated carbocycles. The first-order valence-corrected chi connectivity index (χ1v) is 6.27. The van der Waals surface area contributed by atoms with Crippen LogP contribution < -0.4 is 11.1 Å². The predicted molar refractivity (Wildman–Crippen MR) is 75.2 cm³/mol. The van der Waals surface area contributed by atoms with Crippen molar-refractivity contribution < 1.29 is 0 Å². The van der Waals surface area contributed by atoms with Crippen LogP contribution in [-0.4, -0.2) is 25.8 Å². The van der Waals surface area contributed by atoms with Crippen LogP contribution in [0, 0.1) is 5.92 Å². The average Bonchev–Trinajstić information content (AvgIpc) is 2.37. The molecule has 3 heteroatoms. The summed E-state index contributed by atoms with van der Waals surface area (Å²) in [7, 11) is 0. The molecule has 0 aromatic carbocycles. The maximum Gasteiger partial charge on any atom is 0.0360 e. The summed E-state index contributed by atoms with van der Waals surface area (Å²) in [6, 6.07) is 0. The summed E-state index contributed by atoms with van der Waals surface area (Å²) in [5.41, 5.74) is 7.90. The molecule has 1 fully saturated rings. The molecule has 0 aromatic heterocycles. The number of piperidine rings is 1. The van der Waals surface area contributed by atoms with Crippen LogP contribution in [0.5, 0.6) is 0 Å². The zero-order valence-electron chi connectivity index (χ0n) is 10.7. The van der Waals surface area contributed by atoms with Crippen LogP contribution in [0.4, 0.5) is 0 Å². The number of aliphatic imine (C=N–C) groups is 1. The number of rotatable bonds is 5. The van der Waals surface area contributed by atoms with E-state index in [1.165, 1.54) is 5.57 Å². The van der Waals surface area contributed by atoms with Gasteiger partial charge in [-0.1, -0.05) is 12.7 Å². The molecule has 1 saturated heterocycles. The van der Waals surface area contributed by atoms with Crippen molar-refractivity contribution in [1.82, 2.24) is 5.32 Å². The van der Waals surface area contributed by atoms with E-state index in [-0.39, 0.29) is 0 Å². The fourth-order valence-corrected chi connectivity index (χ4v) is 2.06. The maximum atomic E-state index is 5.72. The normalized spacial score (nSPS) is 19.2. The third-order valence-corrected chi connectivity index (χ3v) is 3.00. The van der Waals surface area contributed by atoms with Gasteiger partial charge in [-0.15, -0.1) is 0 Å². The summed E-state index contributed by atoms with van der Waals surface area (Å²) < 4.78 is 0. The largest absolute Gasteiger partial charge is 0.404 e. The quantitative estimate of drug-likeness (QED) is 0.564. The summed E-state index contributed by atoms with van der Waals surface area (Å²) >= 11 is 0. The van der Waals surface area contributed by atoms with Crippen molar-refractivity contribution in [1.29, 1.82) is 0 Å². The molecule has 1 rings (SSSR count). The Balaban J connectivity index is 2.58. The number of hydrogen-bond acceptors (Lipinski definition) is 3. The Morgan fingerprint density at radius 3 is 2.76 bits per heavy atom. The van der Waals surface area contributed by atoms with Gasteiger partial charge < -0.3 is 11.1 Å². The second-order valence-corrected chi connectivity index (χ2v) is 4.18. The summed E-state index contributed by atoms with van der Waals surface area (Å²) in [6.07, 6.45) is 9.70. The van der Waals surface area contributed by atoms with E-state index in [1.807, 2.05) is 25.3 Å². The number of nitrogens with two attached hydrogens (primary N) is 1. The summed E-state index contributed by atoms with van der Waals surface area (Å²) in [6.45, 7) is 9.04. The number of hydrogen-bond donors (Lipinski definition) is 2. The average molecular weight is 233 g/mol. The Kier molecular flexibility index (Phi) is 6.33. The third-order valence-electron chi connectivity index (χ3n) is 3.00. The lowest BCUT2D eigenvalue weighted by molar-refractivity contribution is 0.423. The number of allylic oxidation sites excluding steroid dienone is 4. The molecule has 3 N–H and O–H groups in total. The molecule has 1 aliphatic rings. The van der Waals surface area contributed by atoms with Crippen molar-refractivity contribution >= 4 is 6.21 Å². The lowest BCUT2D eigenvalue weighted by atomic mass is 9.86. The maximum absolute atomic E-state index is 5.72. The molecular formula is C14H23N3. The van der Waals surface area contributed by atoms with E-state index in [9.17, 15) is 0 Å². The monoisotopic (exact) mass is 233 g/mol. The van der Waals surface area contributed by atoms with E-state index < -0.39 is 0 Å². The molecule has 94 valence electrons. The van der Waals surface area contributed by atoms with Crippen LogP contribution in [0.2, 0.25) is 0 Å². The second kappa shape index (κ2) is 7.85. The minimum atomic E-state index is 0.543. The van der Waals surface area contributed by atoms with E-state index in [4.69, 9.17) is 5.73 Å². The minimum Gasteiger partial charge on any atom is -0.404 e. The Labute approximate surface area is 104 Å². The van der Waals surface area contributed by atoms with Crippen LogP contribution in [-0.2, 0) is 0 Å². The van der Waals surface area contributed by atoms with Crippen LogP contribution >= 0.6 is 0 Å². The summed E-state index contributed by atoms with van der Waals surface area (Å²) in [5.74, 6) is 0.543. The van der Waals surface area contributed by atoms with E-state index in [1.54, 1.807) is 6.20 Å². The Morgan fingerprint density at radius 2 is 2.18 bits per heavy atom. The highest BCUT2D eigenvalue weighted by atomic mass is 14.9. The van der Waals surface area contributed by atoms with Gasteiger partial charge in [0.25, 0.3) is 0 Å². The highest BCUT2D eigenvalue weighted by Gasteiger charge is 2.17. The van der Waals surface area contributed by atoms with Crippen molar-refractivity contribution in [2.24, 2.45) is 16.6 Å². The molecule has 0 bridgehead atoms. The first kappa shape index (κ1) is 13.7.